The molecule has 1 aliphatic rings. The van der Waals surface area contributed by atoms with E-state index in [2.05, 4.69) is 10.6 Å². The van der Waals surface area contributed by atoms with E-state index < -0.39 is 0 Å². The molecule has 1 aromatic heterocycles. The minimum Gasteiger partial charge on any atom is -0.497 e. The lowest BCUT2D eigenvalue weighted by atomic mass is 10.1. The molecule has 6 nitrogen and oxygen atoms in total. The number of carbonyl (C=O) groups is 1. The summed E-state index contributed by atoms with van der Waals surface area (Å²) < 4.78 is 16.0. The summed E-state index contributed by atoms with van der Waals surface area (Å²) in [5.41, 5.74) is 3.62. The number of thiophene rings is 1. The molecule has 0 radical (unpaired) electrons. The van der Waals surface area contributed by atoms with E-state index in [0.717, 1.165) is 63.9 Å². The van der Waals surface area contributed by atoms with Crippen LogP contribution in [0, 0.1) is 0 Å². The normalized spacial score (nSPS) is 12.2. The second kappa shape index (κ2) is 9.31. The lowest BCUT2D eigenvalue weighted by molar-refractivity contribution is 0.102. The number of hydrogen-bond donors (Lipinski definition) is 2. The average Bonchev–Trinajstić information content (AvgIpc) is 3.38. The number of aryl methyl sites for hydroxylation is 1. The maximum atomic E-state index is 13.2. The van der Waals surface area contributed by atoms with Gasteiger partial charge in [-0.2, -0.15) is 0 Å². The molecule has 31 heavy (non-hydrogen) atoms. The highest BCUT2D eigenvalue weighted by atomic mass is 32.1. The smallest absolute Gasteiger partial charge is 0.258 e. The Morgan fingerprint density at radius 1 is 0.968 bits per heavy atom. The van der Waals surface area contributed by atoms with Crippen molar-refractivity contribution in [3.05, 3.63) is 64.0 Å². The molecule has 0 saturated heterocycles. The summed E-state index contributed by atoms with van der Waals surface area (Å²) in [4.78, 5) is 14.5. The zero-order valence-electron chi connectivity index (χ0n) is 17.9. The topological polar surface area (TPSA) is 68.8 Å². The first-order valence-electron chi connectivity index (χ1n) is 10.2. The molecule has 3 aromatic rings. The van der Waals surface area contributed by atoms with Crippen LogP contribution in [0.3, 0.4) is 0 Å². The number of nitrogens with one attached hydrogen (secondary N) is 2. The van der Waals surface area contributed by atoms with Crippen molar-refractivity contribution in [3.8, 4) is 17.2 Å². The molecule has 0 aliphatic heterocycles. The molecule has 2 aromatic carbocycles. The van der Waals surface area contributed by atoms with Crippen molar-refractivity contribution >= 4 is 27.9 Å². The Balaban J connectivity index is 1.57. The monoisotopic (exact) mass is 438 g/mol. The number of hydrogen-bond acceptors (Lipinski definition) is 6. The van der Waals surface area contributed by atoms with Crippen LogP contribution in [-0.4, -0.2) is 27.2 Å². The molecule has 1 aliphatic carbocycles. The fourth-order valence-electron chi connectivity index (χ4n) is 3.83. The van der Waals surface area contributed by atoms with Gasteiger partial charge in [-0.15, -0.1) is 11.3 Å². The molecule has 4 rings (SSSR count). The number of amides is 1. The van der Waals surface area contributed by atoms with Gasteiger partial charge in [-0.25, -0.2) is 0 Å². The number of carbonyl (C=O) groups excluding carboxylic acids is 1. The molecular formula is C24H26N2O4S. The molecule has 1 amide bonds. The first-order valence-corrected chi connectivity index (χ1v) is 11.0. The molecule has 162 valence electrons. The van der Waals surface area contributed by atoms with E-state index in [4.69, 9.17) is 14.2 Å². The van der Waals surface area contributed by atoms with Crippen molar-refractivity contribution in [2.24, 2.45) is 0 Å². The molecule has 0 fully saturated rings. The summed E-state index contributed by atoms with van der Waals surface area (Å²) in [6.07, 6.45) is 3.04. The van der Waals surface area contributed by atoms with Crippen molar-refractivity contribution in [2.45, 2.75) is 25.8 Å². The summed E-state index contributed by atoms with van der Waals surface area (Å²) in [7, 11) is 4.92. The van der Waals surface area contributed by atoms with Gasteiger partial charge in [-0.05, 0) is 67.3 Å². The van der Waals surface area contributed by atoms with Crippen molar-refractivity contribution in [1.82, 2.24) is 0 Å². The van der Waals surface area contributed by atoms with Crippen LogP contribution < -0.4 is 24.8 Å². The molecule has 2 N–H and O–H groups in total. The quantitative estimate of drug-likeness (QED) is 0.510. The molecule has 0 bridgehead atoms. The third-order valence-corrected chi connectivity index (χ3v) is 6.67. The second-order valence-electron chi connectivity index (χ2n) is 7.28. The predicted octanol–water partition coefficient (Wildman–Crippen LogP) is 5.13. The minimum atomic E-state index is -0.0929. The Morgan fingerprint density at radius 3 is 2.42 bits per heavy atom. The summed E-state index contributed by atoms with van der Waals surface area (Å²) in [6.45, 7) is 0.530. The largest absolute Gasteiger partial charge is 0.497 e. The van der Waals surface area contributed by atoms with Crippen molar-refractivity contribution in [3.63, 3.8) is 0 Å². The molecular weight excluding hydrogens is 412 g/mol. The first-order chi connectivity index (χ1) is 15.1. The van der Waals surface area contributed by atoms with Gasteiger partial charge in [0.25, 0.3) is 5.91 Å². The van der Waals surface area contributed by atoms with Crippen LogP contribution in [0.15, 0.2) is 42.5 Å². The highest BCUT2D eigenvalue weighted by Gasteiger charge is 2.26. The van der Waals surface area contributed by atoms with E-state index in [-0.39, 0.29) is 5.91 Å². The maximum absolute atomic E-state index is 13.2. The van der Waals surface area contributed by atoms with Gasteiger partial charge in [0.2, 0.25) is 0 Å². The molecule has 0 spiro atoms. The van der Waals surface area contributed by atoms with E-state index in [9.17, 15) is 4.79 Å². The zero-order chi connectivity index (χ0) is 21.8. The Bertz CT molecular complexity index is 1080. The van der Waals surface area contributed by atoms with Crippen molar-refractivity contribution < 1.29 is 19.0 Å². The van der Waals surface area contributed by atoms with Gasteiger partial charge >= 0.3 is 0 Å². The molecule has 0 saturated carbocycles. The lowest BCUT2D eigenvalue weighted by Crippen LogP contribution is -2.15. The van der Waals surface area contributed by atoms with Crippen LogP contribution in [0.1, 0.15) is 32.8 Å². The second-order valence-corrected chi connectivity index (χ2v) is 8.38. The van der Waals surface area contributed by atoms with E-state index in [1.807, 2.05) is 42.5 Å². The molecule has 0 unspecified atom stereocenters. The van der Waals surface area contributed by atoms with E-state index in [0.29, 0.717) is 6.54 Å². The van der Waals surface area contributed by atoms with Gasteiger partial charge in [0.05, 0.1) is 26.9 Å². The molecule has 1 heterocycles. The third kappa shape index (κ3) is 4.46. The van der Waals surface area contributed by atoms with E-state index in [1.54, 1.807) is 32.7 Å². The first kappa shape index (κ1) is 21.1. The highest BCUT2D eigenvalue weighted by Crippen LogP contribution is 2.40. The van der Waals surface area contributed by atoms with Crippen molar-refractivity contribution in [1.29, 1.82) is 0 Å². The van der Waals surface area contributed by atoms with Crippen LogP contribution in [0.4, 0.5) is 10.7 Å². The van der Waals surface area contributed by atoms with E-state index >= 15 is 0 Å². The van der Waals surface area contributed by atoms with Crippen LogP contribution in [0.5, 0.6) is 17.2 Å². The number of fused-ring (bicyclic) bond motifs is 1. The zero-order valence-corrected chi connectivity index (χ0v) is 18.7. The van der Waals surface area contributed by atoms with Gasteiger partial charge in [0, 0.05) is 22.7 Å². The number of benzene rings is 2. The van der Waals surface area contributed by atoms with Gasteiger partial charge in [-0.3, -0.25) is 4.79 Å². The Morgan fingerprint density at radius 2 is 1.71 bits per heavy atom. The Labute approximate surface area is 186 Å². The number of rotatable bonds is 8. The van der Waals surface area contributed by atoms with Gasteiger partial charge in [-0.1, -0.05) is 0 Å². The Kier molecular flexibility index (Phi) is 6.32. The Hall–Kier alpha value is -3.19. The SMILES string of the molecule is COc1ccc(NC(=O)c2c(NCc3cc(OC)ccc3OC)sc3c2CCC3)cc1. The summed E-state index contributed by atoms with van der Waals surface area (Å²) >= 11 is 1.67. The highest BCUT2D eigenvalue weighted by molar-refractivity contribution is 7.16. The van der Waals surface area contributed by atoms with Crippen molar-refractivity contribution in [2.75, 3.05) is 32.0 Å². The van der Waals surface area contributed by atoms with Gasteiger partial charge < -0.3 is 24.8 Å². The van der Waals surface area contributed by atoms with Gasteiger partial charge in [0.15, 0.2) is 0 Å². The van der Waals surface area contributed by atoms with Gasteiger partial charge in [0.1, 0.15) is 22.2 Å². The minimum absolute atomic E-state index is 0.0929. The maximum Gasteiger partial charge on any atom is 0.258 e. The predicted molar refractivity (Wildman–Crippen MR) is 124 cm³/mol. The molecule has 7 heteroatoms. The lowest BCUT2D eigenvalue weighted by Gasteiger charge is -2.13. The number of methoxy groups -OCH3 is 3. The van der Waals surface area contributed by atoms with E-state index in [1.165, 1.54) is 4.88 Å². The molecule has 0 atom stereocenters. The standard InChI is InChI=1S/C24H26N2O4S/c1-28-17-9-7-16(8-10-17)26-23(27)22-19-5-4-6-21(19)31-24(22)25-14-15-13-18(29-2)11-12-20(15)30-3/h7-13,25H,4-6,14H2,1-3H3,(H,26,27). The van der Waals surface area contributed by atoms with Crippen LogP contribution in [0.25, 0.3) is 0 Å². The fraction of sp³-hybridized carbons (Fsp3) is 0.292. The third-order valence-electron chi connectivity index (χ3n) is 5.42. The average molecular weight is 439 g/mol. The fourth-order valence-corrected chi connectivity index (χ4v) is 5.11. The van der Waals surface area contributed by atoms with Crippen LogP contribution in [0.2, 0.25) is 0 Å². The van der Waals surface area contributed by atoms with Crippen LogP contribution >= 0.6 is 11.3 Å². The summed E-state index contributed by atoms with van der Waals surface area (Å²) in [5.74, 6) is 2.21. The summed E-state index contributed by atoms with van der Waals surface area (Å²) in [6, 6.07) is 13.1. The van der Waals surface area contributed by atoms with Crippen LogP contribution in [-0.2, 0) is 19.4 Å². The summed E-state index contributed by atoms with van der Waals surface area (Å²) in [5, 5.41) is 7.39. The number of anilines is 2. The number of ether oxygens (including phenoxy) is 3.